The van der Waals surface area contributed by atoms with Crippen LogP contribution >= 0.6 is 0 Å². The lowest BCUT2D eigenvalue weighted by Crippen LogP contribution is -2.88. The fourth-order valence-electron chi connectivity index (χ4n) is 13.0. The van der Waals surface area contributed by atoms with Crippen molar-refractivity contribution in [1.29, 1.82) is 0 Å². The van der Waals surface area contributed by atoms with Crippen LogP contribution in [0.15, 0.2) is 97.1 Å². The van der Waals surface area contributed by atoms with Crippen molar-refractivity contribution in [2.24, 2.45) is 41.4 Å². The van der Waals surface area contributed by atoms with Crippen LogP contribution in [0.1, 0.15) is 151 Å². The Labute approximate surface area is 533 Å². The molecule has 4 fully saturated rings. The number of ether oxygens (including phenoxy) is 2. The van der Waals surface area contributed by atoms with Crippen LogP contribution in [-0.2, 0) is 60.7 Å². The number of para-hydroxylation sites is 1. The van der Waals surface area contributed by atoms with E-state index in [1.54, 1.807) is 12.1 Å². The van der Waals surface area contributed by atoms with Crippen molar-refractivity contribution < 1.29 is 63.7 Å². The van der Waals surface area contributed by atoms with Crippen molar-refractivity contribution >= 4 is 98.2 Å². The molecule has 4 aromatic carbocycles. The highest BCUT2D eigenvalue weighted by molar-refractivity contribution is 7.03. The monoisotopic (exact) mass is 1340 g/mol. The van der Waals surface area contributed by atoms with E-state index < -0.39 is 76.4 Å². The number of fused-ring (bicyclic) bond motifs is 11. The molecule has 0 spiro atoms. The minimum Gasteiger partial charge on any atom is -0.494 e. The van der Waals surface area contributed by atoms with Crippen molar-refractivity contribution in [1.82, 2.24) is 4.57 Å². The molecule has 5 aromatic rings. The zero-order valence-corrected chi connectivity index (χ0v) is 62.7. The van der Waals surface area contributed by atoms with E-state index in [2.05, 4.69) is 156 Å². The maximum atomic E-state index is 14.0. The third kappa shape index (κ3) is 16.2. The molecule has 6 atom stereocenters. The molecule has 6 unspecified atom stereocenters. The Morgan fingerprint density at radius 3 is 1.25 bits per heavy atom. The molecule has 4 aliphatic heterocycles. The molecule has 0 N–H and O–H groups in total. The highest BCUT2D eigenvalue weighted by atomic mass is 28.6. The Balaban J connectivity index is 0.853. The van der Waals surface area contributed by atoms with Crippen molar-refractivity contribution in [3.8, 4) is 17.6 Å². The maximum absolute atomic E-state index is 14.0. The summed E-state index contributed by atoms with van der Waals surface area (Å²) in [7, 11) is -32.9. The Kier molecular flexibility index (Phi) is 21.3. The zero-order valence-electron chi connectivity index (χ0n) is 54.7. The van der Waals surface area contributed by atoms with Gasteiger partial charge in [0.05, 0.1) is 18.8 Å². The lowest BCUT2D eigenvalue weighted by molar-refractivity contribution is -0.0346. The first-order valence-corrected chi connectivity index (χ1v) is 48.1. The molecular weight excluding hydrogens is 1250 g/mol. The van der Waals surface area contributed by atoms with Gasteiger partial charge in [-0.2, -0.15) is 0 Å². The molecule has 9 rings (SSSR count). The molecule has 0 aliphatic carbocycles. The van der Waals surface area contributed by atoms with Crippen LogP contribution in [0.5, 0.6) is 5.75 Å². The van der Waals surface area contributed by atoms with Crippen molar-refractivity contribution in [2.75, 3.05) is 13.2 Å². The van der Waals surface area contributed by atoms with Gasteiger partial charge in [0, 0.05) is 87.8 Å². The number of aromatic nitrogens is 1. The van der Waals surface area contributed by atoms with E-state index >= 15 is 0 Å². The fraction of sp³-hybridized carbons (Fsp3) is 0.578. The lowest BCUT2D eigenvalue weighted by atomic mass is 10.1. The molecule has 88 heavy (non-hydrogen) atoms. The number of rotatable bonds is 27. The average molecular weight is 1350 g/mol. The van der Waals surface area contributed by atoms with E-state index in [9.17, 15) is 4.79 Å². The molecule has 480 valence electrons. The van der Waals surface area contributed by atoms with Gasteiger partial charge < -0.3 is 63.4 Å². The van der Waals surface area contributed by atoms with Gasteiger partial charge in [0.15, 0.2) is 0 Å². The first-order valence-electron chi connectivity index (χ1n) is 32.7. The van der Waals surface area contributed by atoms with Gasteiger partial charge in [0.2, 0.25) is 0 Å². The quantitative estimate of drug-likeness (QED) is 0.0212. The number of unbranched alkanes of at least 4 members (excludes halogenated alkanes) is 3. The summed E-state index contributed by atoms with van der Waals surface area (Å²) in [6.45, 7) is 31.8. The smallest absolute Gasteiger partial charge is 0.479 e. The van der Waals surface area contributed by atoms with Gasteiger partial charge in [0.25, 0.3) is 0 Å². The van der Waals surface area contributed by atoms with E-state index in [1.807, 2.05) is 42.5 Å². The summed E-state index contributed by atoms with van der Waals surface area (Å²) in [5, 5.41) is 2.48. The number of hydrogen-bond donors (Lipinski definition) is 0. The van der Waals surface area contributed by atoms with Gasteiger partial charge in [-0.15, -0.1) is 0 Å². The van der Waals surface area contributed by atoms with Gasteiger partial charge in [0.1, 0.15) is 5.75 Å². The van der Waals surface area contributed by atoms with Crippen molar-refractivity contribution in [3.05, 3.63) is 114 Å². The second-order valence-electron chi connectivity index (χ2n) is 27.9. The van der Waals surface area contributed by atoms with Crippen LogP contribution in [0.3, 0.4) is 0 Å². The summed E-state index contributed by atoms with van der Waals surface area (Å²) >= 11 is 0. The first-order chi connectivity index (χ1) is 41.8. The molecule has 4 saturated heterocycles. The molecule has 4 aliphatic rings. The third-order valence-corrected chi connectivity index (χ3v) is 55.8. The molecule has 24 heteroatoms. The number of benzene rings is 4. The number of carbonyl (C=O) groups is 1. The van der Waals surface area contributed by atoms with Gasteiger partial charge in [-0.1, -0.05) is 158 Å². The number of carbonyl (C=O) groups excluding carboxylic acids is 1. The molecule has 0 amide bonds. The summed E-state index contributed by atoms with van der Waals surface area (Å²) < 4.78 is 109. The molecule has 0 saturated carbocycles. The van der Waals surface area contributed by atoms with Crippen molar-refractivity contribution in [3.63, 3.8) is 0 Å². The lowest BCUT2D eigenvalue weighted by Gasteiger charge is -2.64. The maximum Gasteiger partial charge on any atom is 0.479 e. The number of esters is 1. The zero-order chi connectivity index (χ0) is 62.8. The third-order valence-electron chi connectivity index (χ3n) is 15.7. The van der Waals surface area contributed by atoms with Gasteiger partial charge >= 0.3 is 76.4 Å². The van der Waals surface area contributed by atoms with Crippen LogP contribution in [0.2, 0.25) is 48.4 Å². The van der Waals surface area contributed by atoms with E-state index in [-0.39, 0.29) is 54.1 Å². The minimum absolute atomic E-state index is 0.0339. The highest BCUT2D eigenvalue weighted by Crippen LogP contribution is 2.56. The predicted octanol–water partition coefficient (Wildman–Crippen LogP) is 15.8. The van der Waals surface area contributed by atoms with E-state index in [1.165, 1.54) is 21.8 Å². The fourth-order valence-corrected chi connectivity index (χ4v) is 64.6. The van der Waals surface area contributed by atoms with Crippen LogP contribution in [0, 0.1) is 53.3 Å². The van der Waals surface area contributed by atoms with Crippen LogP contribution in [-0.4, -0.2) is 94.2 Å². The highest BCUT2D eigenvalue weighted by Gasteiger charge is 2.83. The minimum atomic E-state index is -4.26. The largest absolute Gasteiger partial charge is 0.494 e. The van der Waals surface area contributed by atoms with Crippen LogP contribution in [0.25, 0.3) is 21.8 Å². The van der Waals surface area contributed by atoms with Crippen LogP contribution < -0.4 is 4.74 Å². The Morgan fingerprint density at radius 2 is 0.795 bits per heavy atom. The normalized spacial score (nSPS) is 29.3. The van der Waals surface area contributed by atoms with E-state index in [0.29, 0.717) is 66.6 Å². The molecule has 0 radical (unpaired) electrons. The molecule has 8 bridgehead atoms. The predicted molar refractivity (Wildman–Crippen MR) is 359 cm³/mol. The first kappa shape index (κ1) is 67.6. The van der Waals surface area contributed by atoms with Gasteiger partial charge in [-0.3, -0.25) is 0 Å². The van der Waals surface area contributed by atoms with Gasteiger partial charge in [-0.25, -0.2) is 4.79 Å². The standard InChI is InChI=1S/C64H97NO15Si8/c1-49(2)42-82-69-81(40-24-39-68-64(66)58-32-34-59(35-33-58)67-38-23-16-15-22-37-65-62-28-21-20-27-60(62)61-41-57(31-36-63(61)65)30-29-56-25-18-17-19-26-56)70-83(43-50(3)4)74-85(72-82,45-52(7)8)78-88(48-55(13)14)77-84(71-81,44-51(5)6)75-86(73-82,46-53(9)10)79-87(76-83,80-88)47-54(11)12/h17-21,25-28,31-36,41,49-55H,15-16,22-24,37-40,42-48H2,1-14H3. The van der Waals surface area contributed by atoms with Gasteiger partial charge in [-0.05, 0) is 121 Å². The Hall–Kier alpha value is -3.23. The summed E-state index contributed by atoms with van der Waals surface area (Å²) in [4.78, 5) is 14.0. The topological polar surface area (TPSA) is 151 Å². The van der Waals surface area contributed by atoms with Crippen LogP contribution in [0.4, 0.5) is 0 Å². The summed E-state index contributed by atoms with van der Waals surface area (Å²) in [5.74, 6) is 7.28. The SMILES string of the molecule is CC(C)C[Si]12O[Si]3(CCCOC(=O)c4ccc(OCCCCCCn5c6ccccc6c6cc(C#Cc7ccccc7)ccc65)cc4)O[Si]4(CC(C)C)O[Si](CC(C)C)(O1)O[Si]1(CC(C)C)O[Si](CC(C)C)(O3)O[Si](CC(C)C)(O2)O[Si](CC(C)C)(O4)O1. The number of aryl methyl sites for hydroxylation is 1. The average Bonchev–Trinajstić information content (AvgIpc) is 0.832. The number of nitrogens with zero attached hydrogens (tertiary/aromatic N) is 1. The number of hydrogen-bond acceptors (Lipinski definition) is 15. The summed E-state index contributed by atoms with van der Waals surface area (Å²) in [6.07, 6.45) is 4.40. The van der Waals surface area contributed by atoms with E-state index in [0.717, 1.165) is 43.4 Å². The summed E-state index contributed by atoms with van der Waals surface area (Å²) in [5.41, 5.74) is 4.92. The second-order valence-corrected chi connectivity index (χ2v) is 52.0. The molecule has 16 nitrogen and oxygen atoms in total. The summed E-state index contributed by atoms with van der Waals surface area (Å²) in [6, 6.07) is 35.7. The molecule has 5 heterocycles. The Bertz CT molecular complexity index is 3130. The molecular formula is C64H97NO15Si8. The Morgan fingerprint density at radius 1 is 0.398 bits per heavy atom. The van der Waals surface area contributed by atoms with E-state index in [4.69, 9.17) is 58.9 Å². The van der Waals surface area contributed by atoms with Crippen molar-refractivity contribution in [2.45, 2.75) is 184 Å². The second kappa shape index (κ2) is 27.8. The molecule has 1 aromatic heterocycles.